The summed E-state index contributed by atoms with van der Waals surface area (Å²) in [6, 6.07) is 18.1. The Bertz CT molecular complexity index is 1050. The molecule has 6 nitrogen and oxygen atoms in total. The number of para-hydroxylation sites is 2. The van der Waals surface area contributed by atoms with Gasteiger partial charge in [0.2, 0.25) is 5.78 Å². The van der Waals surface area contributed by atoms with Crippen molar-refractivity contribution in [3.8, 4) is 0 Å². The van der Waals surface area contributed by atoms with E-state index in [1.54, 1.807) is 0 Å². The van der Waals surface area contributed by atoms with E-state index in [0.29, 0.717) is 17.9 Å². The fourth-order valence-electron chi connectivity index (χ4n) is 3.17. The molecule has 6 heteroatoms. The molecule has 3 N–H and O–H groups in total. The monoisotopic (exact) mass is 319 g/mol. The van der Waals surface area contributed by atoms with Crippen LogP contribution in [0.3, 0.4) is 0 Å². The summed E-state index contributed by atoms with van der Waals surface area (Å²) in [7, 11) is 0. The van der Waals surface area contributed by atoms with Crippen LogP contribution in [0.2, 0.25) is 0 Å². The Hall–Kier alpha value is -3.12. The van der Waals surface area contributed by atoms with E-state index in [1.807, 2.05) is 53.8 Å². The predicted molar refractivity (Wildman–Crippen MR) is 92.6 cm³/mol. The lowest BCUT2D eigenvalue weighted by Gasteiger charge is -2.05. The second kappa shape index (κ2) is 5.50. The van der Waals surface area contributed by atoms with Gasteiger partial charge in [-0.15, -0.1) is 0 Å². The van der Waals surface area contributed by atoms with Crippen molar-refractivity contribution in [3.63, 3.8) is 0 Å². The number of rotatable bonds is 3. The number of nitrogen functional groups attached to an aromatic ring is 1. The Morgan fingerprint density at radius 2 is 1.75 bits per heavy atom. The molecule has 0 aliphatic carbocycles. The van der Waals surface area contributed by atoms with Gasteiger partial charge in [-0.1, -0.05) is 42.5 Å². The highest BCUT2D eigenvalue weighted by Gasteiger charge is 2.22. The molecule has 4 rings (SSSR count). The van der Waals surface area contributed by atoms with E-state index in [2.05, 4.69) is 27.1 Å². The smallest absolute Gasteiger partial charge is 0.284 e. The third-order valence-corrected chi connectivity index (χ3v) is 4.22. The van der Waals surface area contributed by atoms with Crippen molar-refractivity contribution in [2.45, 2.75) is 13.5 Å². The number of amides is 1. The SMILES string of the molecule is Cc1nc2n(Cc3ccccc3)c3ccccc3n2c1C(=O)NN. The second-order valence-corrected chi connectivity index (χ2v) is 5.72. The van der Waals surface area contributed by atoms with Crippen LogP contribution in [-0.4, -0.2) is 19.9 Å². The molecule has 0 radical (unpaired) electrons. The van der Waals surface area contributed by atoms with E-state index in [4.69, 9.17) is 5.84 Å². The van der Waals surface area contributed by atoms with Crippen LogP contribution in [-0.2, 0) is 6.54 Å². The summed E-state index contributed by atoms with van der Waals surface area (Å²) in [5.41, 5.74) is 6.46. The van der Waals surface area contributed by atoms with Gasteiger partial charge in [0.05, 0.1) is 23.3 Å². The molecular weight excluding hydrogens is 302 g/mol. The topological polar surface area (TPSA) is 77.3 Å². The van der Waals surface area contributed by atoms with Gasteiger partial charge < -0.3 is 4.57 Å². The van der Waals surface area contributed by atoms with E-state index in [-0.39, 0.29) is 5.91 Å². The number of hydrogen-bond donors (Lipinski definition) is 2. The molecule has 0 fully saturated rings. The minimum Gasteiger partial charge on any atom is -0.305 e. The average molecular weight is 319 g/mol. The van der Waals surface area contributed by atoms with Gasteiger partial charge in [-0.2, -0.15) is 0 Å². The van der Waals surface area contributed by atoms with Gasteiger partial charge in [-0.25, -0.2) is 10.8 Å². The van der Waals surface area contributed by atoms with Gasteiger partial charge in [0.1, 0.15) is 5.69 Å². The van der Waals surface area contributed by atoms with E-state index in [1.165, 1.54) is 5.56 Å². The molecule has 120 valence electrons. The van der Waals surface area contributed by atoms with Gasteiger partial charge in [0, 0.05) is 0 Å². The molecule has 0 saturated heterocycles. The summed E-state index contributed by atoms with van der Waals surface area (Å²) < 4.78 is 3.99. The first-order valence-corrected chi connectivity index (χ1v) is 7.72. The number of carbonyl (C=O) groups is 1. The number of nitrogens with two attached hydrogens (primary N) is 1. The molecule has 2 aromatic carbocycles. The largest absolute Gasteiger partial charge is 0.305 e. The number of nitrogens with one attached hydrogen (secondary N) is 1. The van der Waals surface area contributed by atoms with E-state index in [0.717, 1.165) is 16.8 Å². The first kappa shape index (κ1) is 14.5. The molecule has 2 heterocycles. The van der Waals surface area contributed by atoms with E-state index < -0.39 is 0 Å². The number of aryl methyl sites for hydroxylation is 1. The Balaban J connectivity index is 2.03. The van der Waals surface area contributed by atoms with Crippen LogP contribution >= 0.6 is 0 Å². The zero-order valence-electron chi connectivity index (χ0n) is 13.2. The average Bonchev–Trinajstić information content (AvgIpc) is 3.10. The van der Waals surface area contributed by atoms with Crippen molar-refractivity contribution in [1.82, 2.24) is 19.4 Å². The summed E-state index contributed by atoms with van der Waals surface area (Å²) in [5.74, 6) is 5.74. The Labute approximate surface area is 138 Å². The molecule has 1 amide bonds. The molecule has 24 heavy (non-hydrogen) atoms. The number of benzene rings is 2. The maximum Gasteiger partial charge on any atom is 0.284 e. The summed E-state index contributed by atoms with van der Waals surface area (Å²) in [4.78, 5) is 16.8. The third kappa shape index (κ3) is 2.08. The number of carbonyl (C=O) groups excluding carboxylic acids is 1. The number of hydrazine groups is 1. The van der Waals surface area contributed by atoms with Crippen LogP contribution in [0.25, 0.3) is 16.8 Å². The van der Waals surface area contributed by atoms with Gasteiger partial charge in [0.25, 0.3) is 5.91 Å². The Morgan fingerprint density at radius 1 is 1.08 bits per heavy atom. The van der Waals surface area contributed by atoms with Crippen molar-refractivity contribution in [2.75, 3.05) is 0 Å². The summed E-state index contributed by atoms with van der Waals surface area (Å²) in [6.45, 7) is 2.50. The van der Waals surface area contributed by atoms with Crippen LogP contribution < -0.4 is 11.3 Å². The lowest BCUT2D eigenvalue weighted by Crippen LogP contribution is -2.31. The quantitative estimate of drug-likeness (QED) is 0.345. The molecular formula is C18H17N5O. The van der Waals surface area contributed by atoms with Gasteiger partial charge >= 0.3 is 0 Å². The minimum absolute atomic E-state index is 0.345. The van der Waals surface area contributed by atoms with Crippen LogP contribution in [0.1, 0.15) is 21.7 Å². The lowest BCUT2D eigenvalue weighted by atomic mass is 10.2. The standard InChI is InChI=1S/C18H17N5O/c1-12-16(17(24)21-19)23-15-10-6-5-9-14(15)22(18(23)20-12)11-13-7-3-2-4-8-13/h2-10H,11,19H2,1H3,(H,21,24). The molecule has 0 saturated carbocycles. The number of fused-ring (bicyclic) bond motifs is 3. The lowest BCUT2D eigenvalue weighted by molar-refractivity contribution is 0.0947. The first-order chi connectivity index (χ1) is 11.7. The fraction of sp³-hybridized carbons (Fsp3) is 0.111. The van der Waals surface area contributed by atoms with E-state index in [9.17, 15) is 4.79 Å². The number of aromatic nitrogens is 3. The van der Waals surface area contributed by atoms with Crippen molar-refractivity contribution in [3.05, 3.63) is 71.5 Å². The van der Waals surface area contributed by atoms with Crippen molar-refractivity contribution in [2.24, 2.45) is 5.84 Å². The third-order valence-electron chi connectivity index (χ3n) is 4.22. The summed E-state index contributed by atoms with van der Waals surface area (Å²) in [6.07, 6.45) is 0. The maximum absolute atomic E-state index is 12.2. The molecule has 0 atom stereocenters. The highest BCUT2D eigenvalue weighted by Crippen LogP contribution is 2.25. The van der Waals surface area contributed by atoms with Gasteiger partial charge in [0.15, 0.2) is 0 Å². The molecule has 4 aromatic rings. The van der Waals surface area contributed by atoms with Crippen molar-refractivity contribution >= 4 is 22.7 Å². The Morgan fingerprint density at radius 3 is 2.46 bits per heavy atom. The fourth-order valence-corrected chi connectivity index (χ4v) is 3.17. The molecule has 2 aromatic heterocycles. The van der Waals surface area contributed by atoms with Crippen LogP contribution in [0.4, 0.5) is 0 Å². The zero-order chi connectivity index (χ0) is 16.7. The molecule has 0 unspecified atom stereocenters. The van der Waals surface area contributed by atoms with Crippen LogP contribution in [0, 0.1) is 6.92 Å². The number of hydrogen-bond acceptors (Lipinski definition) is 3. The molecule has 0 aliphatic rings. The van der Waals surface area contributed by atoms with Crippen LogP contribution in [0.5, 0.6) is 0 Å². The summed E-state index contributed by atoms with van der Waals surface area (Å²) in [5, 5.41) is 0. The first-order valence-electron chi connectivity index (χ1n) is 7.72. The maximum atomic E-state index is 12.2. The van der Waals surface area contributed by atoms with Gasteiger partial charge in [-0.05, 0) is 24.6 Å². The normalized spacial score (nSPS) is 11.2. The number of imidazole rings is 2. The summed E-state index contributed by atoms with van der Waals surface area (Å²) >= 11 is 0. The minimum atomic E-state index is -0.345. The van der Waals surface area contributed by atoms with Crippen LogP contribution in [0.15, 0.2) is 54.6 Å². The van der Waals surface area contributed by atoms with Gasteiger partial charge in [-0.3, -0.25) is 14.6 Å². The second-order valence-electron chi connectivity index (χ2n) is 5.72. The predicted octanol–water partition coefficient (Wildman–Crippen LogP) is 2.25. The molecule has 0 bridgehead atoms. The number of nitrogens with zero attached hydrogens (tertiary/aromatic N) is 3. The highest BCUT2D eigenvalue weighted by atomic mass is 16.2. The van der Waals surface area contributed by atoms with E-state index >= 15 is 0 Å². The highest BCUT2D eigenvalue weighted by molar-refractivity contribution is 5.97. The zero-order valence-corrected chi connectivity index (χ0v) is 13.2. The Kier molecular flexibility index (Phi) is 3.32. The van der Waals surface area contributed by atoms with Crippen molar-refractivity contribution < 1.29 is 4.79 Å². The molecule has 0 aliphatic heterocycles. The molecule has 0 spiro atoms. The van der Waals surface area contributed by atoms with Crippen molar-refractivity contribution in [1.29, 1.82) is 0 Å².